The molecule has 0 saturated carbocycles. The Balaban J connectivity index is 1.52. The van der Waals surface area contributed by atoms with E-state index >= 15 is 0 Å². The van der Waals surface area contributed by atoms with Gasteiger partial charge in [-0.3, -0.25) is 24.7 Å². The van der Waals surface area contributed by atoms with E-state index in [1.807, 2.05) is 60.7 Å². The monoisotopic (exact) mass is 494 g/mol. The molecule has 0 spiro atoms. The number of ketones is 1. The molecule has 1 heterocycles. The van der Waals surface area contributed by atoms with Crippen LogP contribution in [0.2, 0.25) is 0 Å². The molecule has 1 aliphatic carbocycles. The van der Waals surface area contributed by atoms with Crippen molar-refractivity contribution in [3.8, 4) is 0 Å². The summed E-state index contributed by atoms with van der Waals surface area (Å²) in [6.07, 6.45) is 0.893. The number of non-ortho nitro benzene ring substituents is 1. The average Bonchev–Trinajstić information content (AvgIpc) is 2.92. The fourth-order valence-corrected chi connectivity index (χ4v) is 5.31. The minimum absolute atomic E-state index is 0.00286. The van der Waals surface area contributed by atoms with Gasteiger partial charge in [-0.1, -0.05) is 72.8 Å². The Hall–Kier alpha value is -4.39. The lowest BCUT2D eigenvalue weighted by molar-refractivity contribution is -0.384. The number of carbonyl (C=O) groups is 2. The number of esters is 1. The van der Waals surface area contributed by atoms with Crippen LogP contribution < -0.4 is 0 Å². The van der Waals surface area contributed by atoms with Gasteiger partial charge in [-0.25, -0.2) is 0 Å². The average molecular weight is 495 g/mol. The van der Waals surface area contributed by atoms with Crippen molar-refractivity contribution in [1.29, 1.82) is 0 Å². The Morgan fingerprint density at radius 1 is 0.946 bits per heavy atom. The van der Waals surface area contributed by atoms with Crippen molar-refractivity contribution in [2.75, 3.05) is 0 Å². The number of hydrogen-bond donors (Lipinski definition) is 0. The first kappa shape index (κ1) is 24.3. The molecule has 7 nitrogen and oxygen atoms in total. The lowest BCUT2D eigenvalue weighted by Crippen LogP contribution is -2.38. The lowest BCUT2D eigenvalue weighted by atomic mass is 9.69. The van der Waals surface area contributed by atoms with Gasteiger partial charge < -0.3 is 4.74 Å². The molecule has 5 rings (SSSR count). The van der Waals surface area contributed by atoms with Crippen LogP contribution in [0.15, 0.2) is 101 Å². The SMILES string of the molecule is CC1=NC2=C(C(=O)C[C@H](c3ccccc3)C2)[C@@H](c2ccc([N+](=O)[O-])cc2)C1C(=O)OCc1ccccc1. The van der Waals surface area contributed by atoms with Gasteiger partial charge in [0.1, 0.15) is 12.5 Å². The maximum atomic E-state index is 13.6. The van der Waals surface area contributed by atoms with Gasteiger partial charge in [0, 0.05) is 41.5 Å². The smallest absolute Gasteiger partial charge is 0.315 e. The molecule has 0 aromatic heterocycles. The van der Waals surface area contributed by atoms with E-state index in [0.717, 1.165) is 11.1 Å². The van der Waals surface area contributed by atoms with Crippen LogP contribution in [0.5, 0.6) is 0 Å². The number of nitrogens with zero attached hydrogens (tertiary/aromatic N) is 2. The summed E-state index contributed by atoms with van der Waals surface area (Å²) in [5.74, 6) is -1.96. The third-order valence-corrected chi connectivity index (χ3v) is 7.10. The van der Waals surface area contributed by atoms with Gasteiger partial charge in [-0.2, -0.15) is 0 Å². The first-order valence-corrected chi connectivity index (χ1v) is 12.2. The molecule has 0 fully saturated rings. The van der Waals surface area contributed by atoms with Gasteiger partial charge >= 0.3 is 5.97 Å². The third kappa shape index (κ3) is 4.98. The van der Waals surface area contributed by atoms with Crippen LogP contribution in [0.3, 0.4) is 0 Å². The highest BCUT2D eigenvalue weighted by molar-refractivity contribution is 6.09. The summed E-state index contributed by atoms with van der Waals surface area (Å²) >= 11 is 0. The van der Waals surface area contributed by atoms with E-state index in [1.165, 1.54) is 12.1 Å². The fraction of sp³-hybridized carbons (Fsp3) is 0.233. The maximum absolute atomic E-state index is 13.6. The van der Waals surface area contributed by atoms with Gasteiger partial charge in [-0.15, -0.1) is 0 Å². The molecular weight excluding hydrogens is 468 g/mol. The molecule has 2 aliphatic rings. The Bertz CT molecular complexity index is 1390. The zero-order chi connectivity index (χ0) is 25.9. The van der Waals surface area contributed by atoms with Crippen molar-refractivity contribution in [3.05, 3.63) is 123 Å². The van der Waals surface area contributed by atoms with Crippen LogP contribution >= 0.6 is 0 Å². The molecule has 0 saturated heterocycles. The molecule has 0 amide bonds. The summed E-state index contributed by atoms with van der Waals surface area (Å²) < 4.78 is 5.70. The van der Waals surface area contributed by atoms with Crippen LogP contribution in [-0.4, -0.2) is 22.4 Å². The zero-order valence-electron chi connectivity index (χ0n) is 20.4. The van der Waals surface area contributed by atoms with Crippen molar-refractivity contribution in [2.45, 2.75) is 38.2 Å². The van der Waals surface area contributed by atoms with Crippen molar-refractivity contribution >= 4 is 23.2 Å². The van der Waals surface area contributed by atoms with E-state index < -0.39 is 22.7 Å². The number of ether oxygens (including phenoxy) is 1. The van der Waals surface area contributed by atoms with Crippen LogP contribution in [0.4, 0.5) is 5.69 Å². The topological polar surface area (TPSA) is 98.9 Å². The number of nitro benzene ring substituents is 1. The summed E-state index contributed by atoms with van der Waals surface area (Å²) in [7, 11) is 0. The van der Waals surface area contributed by atoms with Gasteiger partial charge in [0.05, 0.1) is 4.92 Å². The fourth-order valence-electron chi connectivity index (χ4n) is 5.31. The summed E-state index contributed by atoms with van der Waals surface area (Å²) in [5, 5.41) is 11.2. The van der Waals surface area contributed by atoms with E-state index in [1.54, 1.807) is 19.1 Å². The number of carbonyl (C=O) groups excluding carboxylic acids is 2. The van der Waals surface area contributed by atoms with E-state index in [9.17, 15) is 19.7 Å². The molecule has 3 atom stereocenters. The van der Waals surface area contributed by atoms with Gasteiger partial charge in [-0.05, 0) is 36.0 Å². The first-order valence-electron chi connectivity index (χ1n) is 12.2. The maximum Gasteiger partial charge on any atom is 0.315 e. The first-order chi connectivity index (χ1) is 17.9. The van der Waals surface area contributed by atoms with E-state index in [-0.39, 0.29) is 24.0 Å². The molecule has 3 aromatic rings. The molecule has 1 unspecified atom stereocenters. The van der Waals surface area contributed by atoms with Crippen molar-refractivity contribution in [1.82, 2.24) is 0 Å². The Labute approximate surface area is 214 Å². The van der Waals surface area contributed by atoms with Crippen LogP contribution in [-0.2, 0) is 20.9 Å². The molecule has 7 heteroatoms. The van der Waals surface area contributed by atoms with Crippen molar-refractivity contribution < 1.29 is 19.2 Å². The number of nitro groups is 1. The van der Waals surface area contributed by atoms with E-state index in [2.05, 4.69) is 0 Å². The summed E-state index contributed by atoms with van der Waals surface area (Å²) in [6, 6.07) is 25.3. The molecular formula is C30H26N2O5. The normalized spacial score (nSPS) is 21.2. The van der Waals surface area contributed by atoms with Gasteiger partial charge in [0.2, 0.25) is 0 Å². The largest absolute Gasteiger partial charge is 0.460 e. The highest BCUT2D eigenvalue weighted by Crippen LogP contribution is 2.47. The minimum Gasteiger partial charge on any atom is -0.460 e. The van der Waals surface area contributed by atoms with Crippen molar-refractivity contribution in [3.63, 3.8) is 0 Å². The number of allylic oxidation sites excluding steroid dienone is 2. The predicted molar refractivity (Wildman–Crippen MR) is 139 cm³/mol. The highest BCUT2D eigenvalue weighted by Gasteiger charge is 2.44. The molecule has 0 N–H and O–H groups in total. The van der Waals surface area contributed by atoms with Gasteiger partial charge in [0.15, 0.2) is 5.78 Å². The van der Waals surface area contributed by atoms with Gasteiger partial charge in [0.25, 0.3) is 5.69 Å². The Kier molecular flexibility index (Phi) is 6.77. The number of benzene rings is 3. The van der Waals surface area contributed by atoms with Crippen LogP contribution in [0, 0.1) is 16.0 Å². The second-order valence-electron chi connectivity index (χ2n) is 9.45. The summed E-state index contributed by atoms with van der Waals surface area (Å²) in [6.45, 7) is 1.89. The predicted octanol–water partition coefficient (Wildman–Crippen LogP) is 5.91. The quantitative estimate of drug-likeness (QED) is 0.241. The number of hydrogen-bond acceptors (Lipinski definition) is 6. The highest BCUT2D eigenvalue weighted by atomic mass is 16.6. The summed E-state index contributed by atoms with van der Waals surface area (Å²) in [5.41, 5.74) is 4.29. The Morgan fingerprint density at radius 3 is 2.24 bits per heavy atom. The van der Waals surface area contributed by atoms with Crippen LogP contribution in [0.25, 0.3) is 0 Å². The molecule has 0 bridgehead atoms. The molecule has 1 aliphatic heterocycles. The third-order valence-electron chi connectivity index (χ3n) is 7.10. The number of Topliss-reactive ketones (excluding diaryl/α,β-unsaturated/α-hetero) is 1. The molecule has 186 valence electrons. The summed E-state index contributed by atoms with van der Waals surface area (Å²) in [4.78, 5) is 42.6. The van der Waals surface area contributed by atoms with E-state index in [4.69, 9.17) is 9.73 Å². The number of rotatable bonds is 6. The van der Waals surface area contributed by atoms with Crippen LogP contribution in [0.1, 0.15) is 48.3 Å². The zero-order valence-corrected chi connectivity index (χ0v) is 20.4. The van der Waals surface area contributed by atoms with E-state index in [0.29, 0.717) is 35.4 Å². The molecule has 0 radical (unpaired) electrons. The lowest BCUT2D eigenvalue weighted by Gasteiger charge is -2.36. The minimum atomic E-state index is -0.804. The standard InChI is InChI=1S/C30H26N2O5/c1-19-27(30(34)37-18-20-8-4-2-5-9-20)28(22-12-14-24(15-13-22)32(35)36)29-25(31-19)16-23(17-26(29)33)21-10-6-3-7-11-21/h2-15,23,27-28H,16-18H2,1H3/t23-,27?,28+/m1/s1. The Morgan fingerprint density at radius 2 is 1.59 bits per heavy atom. The second kappa shape index (κ2) is 10.3. The second-order valence-corrected chi connectivity index (χ2v) is 9.45. The van der Waals surface area contributed by atoms with Crippen molar-refractivity contribution in [2.24, 2.45) is 10.9 Å². The molecule has 3 aromatic carbocycles. The number of aliphatic imine (C=N–C) groups is 1. The molecule has 37 heavy (non-hydrogen) atoms.